The Bertz CT molecular complexity index is 534. The van der Waals surface area contributed by atoms with Gasteiger partial charge in [0.25, 0.3) is 0 Å². The summed E-state index contributed by atoms with van der Waals surface area (Å²) < 4.78 is 11.5. The SMILES string of the molecule is COC(=O)CC(O)[C@@H](C)[C@@H](OCc1ccccc1)C(C)C1SCCCS1. The zero-order chi connectivity index (χ0) is 18.9. The Labute approximate surface area is 165 Å². The van der Waals surface area contributed by atoms with E-state index in [1.54, 1.807) is 0 Å². The van der Waals surface area contributed by atoms with E-state index in [0.29, 0.717) is 11.2 Å². The highest BCUT2D eigenvalue weighted by molar-refractivity contribution is 8.17. The van der Waals surface area contributed by atoms with Crippen molar-refractivity contribution >= 4 is 29.5 Å². The van der Waals surface area contributed by atoms with Crippen LogP contribution in [0.1, 0.15) is 32.3 Å². The molecule has 2 rings (SSSR count). The van der Waals surface area contributed by atoms with E-state index in [4.69, 9.17) is 9.47 Å². The van der Waals surface area contributed by atoms with Gasteiger partial charge >= 0.3 is 5.97 Å². The molecule has 1 aromatic carbocycles. The van der Waals surface area contributed by atoms with Crippen LogP contribution in [0.15, 0.2) is 30.3 Å². The predicted octanol–water partition coefficient (Wildman–Crippen LogP) is 3.96. The van der Waals surface area contributed by atoms with Crippen molar-refractivity contribution in [3.8, 4) is 0 Å². The first-order chi connectivity index (χ1) is 12.5. The summed E-state index contributed by atoms with van der Waals surface area (Å²) in [6, 6.07) is 10.1. The number of thioether (sulfide) groups is 2. The number of rotatable bonds is 9. The van der Waals surface area contributed by atoms with E-state index in [-0.39, 0.29) is 30.3 Å². The molecule has 1 fully saturated rings. The largest absolute Gasteiger partial charge is 0.469 e. The zero-order valence-corrected chi connectivity index (χ0v) is 17.4. The lowest BCUT2D eigenvalue weighted by molar-refractivity contribution is -0.145. The Balaban J connectivity index is 2.06. The van der Waals surface area contributed by atoms with Crippen LogP contribution in [-0.4, -0.2) is 46.5 Å². The number of aliphatic hydroxyl groups is 1. The second kappa shape index (κ2) is 11.2. The maximum atomic E-state index is 11.6. The minimum absolute atomic E-state index is 0.000532. The van der Waals surface area contributed by atoms with Gasteiger partial charge in [0.2, 0.25) is 0 Å². The summed E-state index contributed by atoms with van der Waals surface area (Å²) in [5.41, 5.74) is 1.11. The Morgan fingerprint density at radius 1 is 1.23 bits per heavy atom. The van der Waals surface area contributed by atoms with Crippen LogP contribution < -0.4 is 0 Å². The quantitative estimate of drug-likeness (QED) is 0.636. The fourth-order valence-corrected chi connectivity index (χ4v) is 6.32. The lowest BCUT2D eigenvalue weighted by Crippen LogP contribution is -2.40. The average molecular weight is 399 g/mol. The van der Waals surface area contributed by atoms with Crippen molar-refractivity contribution in [2.45, 2.75) is 50.1 Å². The molecular formula is C20H30O4S2. The van der Waals surface area contributed by atoms with Crippen LogP contribution in [-0.2, 0) is 20.9 Å². The van der Waals surface area contributed by atoms with Gasteiger partial charge in [-0.1, -0.05) is 44.2 Å². The van der Waals surface area contributed by atoms with Crippen molar-refractivity contribution in [1.29, 1.82) is 0 Å². The highest BCUT2D eigenvalue weighted by Crippen LogP contribution is 2.40. The summed E-state index contributed by atoms with van der Waals surface area (Å²) >= 11 is 3.96. The number of hydrogen-bond acceptors (Lipinski definition) is 6. The molecule has 4 nitrogen and oxygen atoms in total. The van der Waals surface area contributed by atoms with Crippen molar-refractivity contribution in [2.24, 2.45) is 11.8 Å². The third kappa shape index (κ3) is 6.48. The van der Waals surface area contributed by atoms with Crippen molar-refractivity contribution < 1.29 is 19.4 Å². The molecule has 0 amide bonds. The first-order valence-corrected chi connectivity index (χ1v) is 11.3. The van der Waals surface area contributed by atoms with Crippen molar-refractivity contribution in [3.63, 3.8) is 0 Å². The van der Waals surface area contributed by atoms with Crippen molar-refractivity contribution in [1.82, 2.24) is 0 Å². The van der Waals surface area contributed by atoms with E-state index in [2.05, 4.69) is 6.92 Å². The first kappa shape index (κ1) is 21.6. The topological polar surface area (TPSA) is 55.8 Å². The van der Waals surface area contributed by atoms with Crippen molar-refractivity contribution in [3.05, 3.63) is 35.9 Å². The van der Waals surface area contributed by atoms with E-state index in [9.17, 15) is 9.90 Å². The molecule has 1 aromatic rings. The summed E-state index contributed by atoms with van der Waals surface area (Å²) in [4.78, 5) is 11.6. The lowest BCUT2D eigenvalue weighted by Gasteiger charge is -2.37. The number of methoxy groups -OCH3 is 1. The second-order valence-electron chi connectivity index (χ2n) is 6.79. The molecule has 0 aliphatic carbocycles. The average Bonchev–Trinajstić information content (AvgIpc) is 2.69. The normalized spacial score (nSPS) is 20.2. The summed E-state index contributed by atoms with van der Waals surface area (Å²) in [6.45, 7) is 4.68. The lowest BCUT2D eigenvalue weighted by atomic mass is 9.88. The van der Waals surface area contributed by atoms with E-state index < -0.39 is 6.10 Å². The molecule has 1 saturated heterocycles. The molecular weight excluding hydrogens is 368 g/mol. The first-order valence-electron chi connectivity index (χ1n) is 9.16. The Morgan fingerprint density at radius 3 is 2.50 bits per heavy atom. The maximum Gasteiger partial charge on any atom is 0.308 e. The fraction of sp³-hybridized carbons (Fsp3) is 0.650. The molecule has 0 saturated carbocycles. The number of hydrogen-bond donors (Lipinski definition) is 1. The van der Waals surface area contributed by atoms with Crippen LogP contribution in [0.3, 0.4) is 0 Å². The van der Waals surface area contributed by atoms with Crippen LogP contribution in [0.5, 0.6) is 0 Å². The number of esters is 1. The summed E-state index contributed by atoms with van der Waals surface area (Å²) in [6.07, 6.45) is 0.344. The summed E-state index contributed by atoms with van der Waals surface area (Å²) in [5, 5.41) is 10.5. The third-order valence-electron chi connectivity index (χ3n) is 4.81. The molecule has 6 heteroatoms. The van der Waals surface area contributed by atoms with E-state index >= 15 is 0 Å². The molecule has 0 bridgehead atoms. The van der Waals surface area contributed by atoms with E-state index in [0.717, 1.165) is 5.56 Å². The van der Waals surface area contributed by atoms with Crippen LogP contribution in [0, 0.1) is 11.8 Å². The van der Waals surface area contributed by atoms with E-state index in [1.165, 1.54) is 25.0 Å². The van der Waals surface area contributed by atoms with Gasteiger partial charge < -0.3 is 14.6 Å². The molecule has 2 unspecified atom stereocenters. The van der Waals surface area contributed by atoms with Gasteiger partial charge in [-0.05, 0) is 23.5 Å². The van der Waals surface area contributed by atoms with Gasteiger partial charge in [-0.15, -0.1) is 23.5 Å². The van der Waals surface area contributed by atoms with Crippen LogP contribution in [0.2, 0.25) is 0 Å². The Morgan fingerprint density at radius 2 is 1.88 bits per heavy atom. The molecule has 1 aliphatic rings. The van der Waals surface area contributed by atoms with Crippen LogP contribution in [0.25, 0.3) is 0 Å². The van der Waals surface area contributed by atoms with Gasteiger partial charge in [0.15, 0.2) is 0 Å². The second-order valence-corrected chi connectivity index (χ2v) is 9.59. The van der Waals surface area contributed by atoms with Gasteiger partial charge in [-0.25, -0.2) is 0 Å². The van der Waals surface area contributed by atoms with Crippen LogP contribution >= 0.6 is 23.5 Å². The zero-order valence-electron chi connectivity index (χ0n) is 15.8. The number of aliphatic hydroxyl groups excluding tert-OH is 1. The number of benzene rings is 1. The Hall–Kier alpha value is -0.690. The number of ether oxygens (including phenoxy) is 2. The fourth-order valence-electron chi connectivity index (χ4n) is 3.17. The smallest absolute Gasteiger partial charge is 0.308 e. The monoisotopic (exact) mass is 398 g/mol. The predicted molar refractivity (Wildman–Crippen MR) is 109 cm³/mol. The molecule has 0 spiro atoms. The number of carbonyl (C=O) groups is 1. The van der Waals surface area contributed by atoms with Gasteiger partial charge in [-0.2, -0.15) is 0 Å². The Kier molecular flexibility index (Phi) is 9.33. The van der Waals surface area contributed by atoms with Gasteiger partial charge in [-0.3, -0.25) is 4.79 Å². The minimum atomic E-state index is -0.774. The standard InChI is InChI=1S/C20H30O4S2/c1-14(17(21)12-18(22)23-3)19(15(2)20-25-10-7-11-26-20)24-13-16-8-5-4-6-9-16/h4-6,8-9,14-15,17,19-21H,7,10-13H2,1-3H3/t14-,15?,17?,19-/m1/s1. The minimum Gasteiger partial charge on any atom is -0.469 e. The number of carbonyl (C=O) groups excluding carboxylic acids is 1. The van der Waals surface area contributed by atoms with Crippen LogP contribution in [0.4, 0.5) is 0 Å². The summed E-state index contributed by atoms with van der Waals surface area (Å²) in [5.74, 6) is 2.08. The highest BCUT2D eigenvalue weighted by atomic mass is 32.2. The highest BCUT2D eigenvalue weighted by Gasteiger charge is 2.36. The molecule has 4 atom stereocenters. The molecule has 146 valence electrons. The molecule has 1 N–H and O–H groups in total. The van der Waals surface area contributed by atoms with Crippen molar-refractivity contribution in [2.75, 3.05) is 18.6 Å². The molecule has 0 aromatic heterocycles. The molecule has 0 radical (unpaired) electrons. The van der Waals surface area contributed by atoms with Gasteiger partial charge in [0, 0.05) is 11.8 Å². The van der Waals surface area contributed by atoms with E-state index in [1.807, 2.05) is 60.8 Å². The molecule has 26 heavy (non-hydrogen) atoms. The summed E-state index contributed by atoms with van der Waals surface area (Å²) in [7, 11) is 1.35. The molecule has 1 aliphatic heterocycles. The molecule has 1 heterocycles. The van der Waals surface area contributed by atoms with Gasteiger partial charge in [0.1, 0.15) is 0 Å². The van der Waals surface area contributed by atoms with Gasteiger partial charge in [0.05, 0.1) is 36.9 Å². The maximum absolute atomic E-state index is 11.6. The third-order valence-corrected chi connectivity index (χ3v) is 8.20.